The van der Waals surface area contributed by atoms with Gasteiger partial charge in [-0.25, -0.2) is 0 Å². The largest absolute Gasteiger partial charge is 0.364 e. The van der Waals surface area contributed by atoms with E-state index in [1.54, 1.807) is 17.0 Å². The topological polar surface area (TPSA) is 98.7 Å². The standard InChI is InChI=1S/C14H17N3O4.ClH/c15-8-9-4-5-13(21-9)14(18)16-7-6-10-11(16)2-1-3-12(10)17(19)20;/h1-3,9,13H,4-8,15H2;1H/t9-,13+;/m1./s1. The van der Waals surface area contributed by atoms with Crippen molar-refractivity contribution in [2.24, 2.45) is 5.73 Å². The number of fused-ring (bicyclic) bond motifs is 1. The number of benzene rings is 1. The summed E-state index contributed by atoms with van der Waals surface area (Å²) in [6, 6.07) is 4.84. The first-order valence-corrected chi connectivity index (χ1v) is 7.05. The van der Waals surface area contributed by atoms with Crippen molar-refractivity contribution in [1.82, 2.24) is 0 Å². The van der Waals surface area contributed by atoms with Crippen molar-refractivity contribution in [3.8, 4) is 0 Å². The predicted molar refractivity (Wildman–Crippen MR) is 83.4 cm³/mol. The molecule has 7 nitrogen and oxygen atoms in total. The van der Waals surface area contributed by atoms with E-state index in [2.05, 4.69) is 0 Å². The Bertz CT molecular complexity index is 595. The Balaban J connectivity index is 0.00000176. The number of nitrogens with two attached hydrogens (primary N) is 1. The van der Waals surface area contributed by atoms with Crippen LogP contribution in [0.4, 0.5) is 11.4 Å². The summed E-state index contributed by atoms with van der Waals surface area (Å²) in [7, 11) is 0. The number of halogens is 1. The number of nitro benzene ring substituents is 1. The van der Waals surface area contributed by atoms with Crippen molar-refractivity contribution in [2.75, 3.05) is 18.0 Å². The second-order valence-corrected chi connectivity index (χ2v) is 5.33. The van der Waals surface area contributed by atoms with Crippen LogP contribution in [0.3, 0.4) is 0 Å². The summed E-state index contributed by atoms with van der Waals surface area (Å²) < 4.78 is 5.63. The van der Waals surface area contributed by atoms with Crippen molar-refractivity contribution in [3.63, 3.8) is 0 Å². The third-order valence-corrected chi connectivity index (χ3v) is 4.11. The number of hydrogen-bond donors (Lipinski definition) is 1. The summed E-state index contributed by atoms with van der Waals surface area (Å²) in [5.41, 5.74) is 6.90. The minimum atomic E-state index is -0.483. The van der Waals surface area contributed by atoms with E-state index < -0.39 is 11.0 Å². The molecule has 3 rings (SSSR count). The van der Waals surface area contributed by atoms with Gasteiger partial charge < -0.3 is 15.4 Å². The second-order valence-electron chi connectivity index (χ2n) is 5.33. The highest BCUT2D eigenvalue weighted by Gasteiger charge is 2.37. The maximum absolute atomic E-state index is 12.5. The van der Waals surface area contributed by atoms with E-state index in [4.69, 9.17) is 10.5 Å². The van der Waals surface area contributed by atoms with Gasteiger partial charge >= 0.3 is 0 Å². The Morgan fingerprint density at radius 1 is 1.45 bits per heavy atom. The molecule has 120 valence electrons. The molecule has 0 bridgehead atoms. The number of anilines is 1. The van der Waals surface area contributed by atoms with E-state index in [-0.39, 0.29) is 30.1 Å². The van der Waals surface area contributed by atoms with E-state index in [1.165, 1.54) is 6.07 Å². The van der Waals surface area contributed by atoms with Crippen molar-refractivity contribution >= 4 is 29.7 Å². The Morgan fingerprint density at radius 3 is 2.86 bits per heavy atom. The molecule has 22 heavy (non-hydrogen) atoms. The molecule has 8 heteroatoms. The molecule has 1 saturated heterocycles. The van der Waals surface area contributed by atoms with Crippen LogP contribution < -0.4 is 10.6 Å². The van der Waals surface area contributed by atoms with Gasteiger partial charge in [-0.3, -0.25) is 14.9 Å². The number of hydrogen-bond acceptors (Lipinski definition) is 5. The van der Waals surface area contributed by atoms with Gasteiger partial charge in [0, 0.05) is 19.2 Å². The lowest BCUT2D eigenvalue weighted by Crippen LogP contribution is -2.38. The van der Waals surface area contributed by atoms with Crippen LogP contribution in [0.1, 0.15) is 18.4 Å². The number of carbonyl (C=O) groups excluding carboxylic acids is 1. The van der Waals surface area contributed by atoms with Crippen LogP contribution >= 0.6 is 12.4 Å². The molecule has 0 saturated carbocycles. The lowest BCUT2D eigenvalue weighted by Gasteiger charge is -2.21. The molecule has 1 amide bonds. The molecule has 0 aromatic heterocycles. The van der Waals surface area contributed by atoms with Crippen molar-refractivity contribution in [3.05, 3.63) is 33.9 Å². The fourth-order valence-corrected chi connectivity index (χ4v) is 3.05. The fraction of sp³-hybridized carbons (Fsp3) is 0.500. The van der Waals surface area contributed by atoms with E-state index in [9.17, 15) is 14.9 Å². The van der Waals surface area contributed by atoms with Crippen LogP contribution in [0, 0.1) is 10.1 Å². The Morgan fingerprint density at radius 2 is 2.23 bits per heavy atom. The quantitative estimate of drug-likeness (QED) is 0.668. The molecule has 0 aliphatic carbocycles. The van der Waals surface area contributed by atoms with Gasteiger partial charge in [-0.05, 0) is 25.3 Å². The van der Waals surface area contributed by atoms with E-state index in [1.807, 2.05) is 0 Å². The highest BCUT2D eigenvalue weighted by molar-refractivity contribution is 5.99. The van der Waals surface area contributed by atoms with Gasteiger partial charge in [-0.1, -0.05) is 6.07 Å². The zero-order valence-corrected chi connectivity index (χ0v) is 12.8. The molecule has 1 aromatic rings. The first-order chi connectivity index (χ1) is 10.1. The Kier molecular flexibility index (Phi) is 5.00. The number of carbonyl (C=O) groups is 1. The summed E-state index contributed by atoms with van der Waals surface area (Å²) in [4.78, 5) is 24.8. The number of nitrogens with zero attached hydrogens (tertiary/aromatic N) is 2. The molecule has 0 unspecified atom stereocenters. The Hall–Kier alpha value is -1.70. The number of nitro groups is 1. The monoisotopic (exact) mass is 327 g/mol. The van der Waals surface area contributed by atoms with Crippen LogP contribution in [0.5, 0.6) is 0 Å². The van der Waals surface area contributed by atoms with Gasteiger partial charge in [0.25, 0.3) is 11.6 Å². The van der Waals surface area contributed by atoms with Gasteiger partial charge in [-0.2, -0.15) is 0 Å². The summed E-state index contributed by atoms with van der Waals surface area (Å²) >= 11 is 0. The molecule has 1 aromatic carbocycles. The lowest BCUT2D eigenvalue weighted by atomic mass is 10.1. The smallest absolute Gasteiger partial charge is 0.274 e. The average Bonchev–Trinajstić information content (AvgIpc) is 3.12. The van der Waals surface area contributed by atoms with Gasteiger partial charge in [0.05, 0.1) is 22.3 Å². The predicted octanol–water partition coefficient (Wildman–Crippen LogP) is 1.41. The summed E-state index contributed by atoms with van der Waals surface area (Å²) in [6.45, 7) is 0.873. The van der Waals surface area contributed by atoms with E-state index >= 15 is 0 Å². The van der Waals surface area contributed by atoms with Gasteiger partial charge in [-0.15, -0.1) is 12.4 Å². The fourth-order valence-electron chi connectivity index (χ4n) is 3.05. The SMILES string of the molecule is Cl.NC[C@H]1CC[C@@H](C(=O)N2CCc3c2cccc3[N+](=O)[O-])O1. The van der Waals surface area contributed by atoms with Gasteiger partial charge in [0.2, 0.25) is 0 Å². The van der Waals surface area contributed by atoms with Crippen LogP contribution in [0.2, 0.25) is 0 Å². The van der Waals surface area contributed by atoms with Crippen molar-refractivity contribution in [2.45, 2.75) is 31.5 Å². The van der Waals surface area contributed by atoms with Crippen LogP contribution in [0.25, 0.3) is 0 Å². The highest BCUT2D eigenvalue weighted by Crippen LogP contribution is 2.36. The third-order valence-electron chi connectivity index (χ3n) is 4.11. The number of amides is 1. The van der Waals surface area contributed by atoms with E-state index in [0.29, 0.717) is 37.2 Å². The van der Waals surface area contributed by atoms with Crippen molar-refractivity contribution < 1.29 is 14.5 Å². The normalized spacial score (nSPS) is 23.0. The molecule has 0 radical (unpaired) electrons. The van der Waals surface area contributed by atoms with Crippen LogP contribution in [-0.2, 0) is 16.0 Å². The molecule has 0 spiro atoms. The summed E-state index contributed by atoms with van der Waals surface area (Å²) in [5, 5.41) is 11.0. The molecule has 2 N–H and O–H groups in total. The molecular weight excluding hydrogens is 310 g/mol. The molecule has 2 aliphatic heterocycles. The van der Waals surface area contributed by atoms with Gasteiger partial charge in [0.15, 0.2) is 0 Å². The molecule has 2 aliphatic rings. The summed E-state index contributed by atoms with van der Waals surface area (Å²) in [6.07, 6.45) is 1.39. The Labute approximate surface area is 134 Å². The minimum absolute atomic E-state index is 0. The first-order valence-electron chi connectivity index (χ1n) is 7.05. The third kappa shape index (κ3) is 2.79. The van der Waals surface area contributed by atoms with Crippen LogP contribution in [0.15, 0.2) is 18.2 Å². The zero-order chi connectivity index (χ0) is 15.0. The average molecular weight is 328 g/mol. The maximum Gasteiger partial charge on any atom is 0.274 e. The van der Waals surface area contributed by atoms with E-state index in [0.717, 1.165) is 6.42 Å². The first kappa shape index (κ1) is 16.7. The molecule has 1 fully saturated rings. The van der Waals surface area contributed by atoms with Gasteiger partial charge in [0.1, 0.15) is 6.10 Å². The zero-order valence-electron chi connectivity index (χ0n) is 11.9. The lowest BCUT2D eigenvalue weighted by molar-refractivity contribution is -0.385. The van der Waals surface area contributed by atoms with Crippen molar-refractivity contribution in [1.29, 1.82) is 0 Å². The summed E-state index contributed by atoms with van der Waals surface area (Å²) in [5.74, 6) is -0.120. The second kappa shape index (κ2) is 6.60. The maximum atomic E-state index is 12.5. The number of rotatable bonds is 3. The highest BCUT2D eigenvalue weighted by atomic mass is 35.5. The molecular formula is C14H18ClN3O4. The molecule has 2 heterocycles. The molecule has 2 atom stereocenters. The minimum Gasteiger partial charge on any atom is -0.364 e. The van der Waals surface area contributed by atoms with Crippen LogP contribution in [-0.4, -0.2) is 36.1 Å². The number of ether oxygens (including phenoxy) is 1.